The van der Waals surface area contributed by atoms with Crippen LogP contribution in [-0.4, -0.2) is 33.4 Å². The average Bonchev–Trinajstić information content (AvgIpc) is 2.21. The molecule has 1 heterocycles. The van der Waals surface area contributed by atoms with E-state index in [-0.39, 0.29) is 17.6 Å². The van der Waals surface area contributed by atoms with Gasteiger partial charge in [-0.15, -0.1) is 0 Å². The Balaban J connectivity index is 2.98. The van der Waals surface area contributed by atoms with Crippen molar-refractivity contribution >= 4 is 5.97 Å². The van der Waals surface area contributed by atoms with Crippen molar-refractivity contribution in [3.8, 4) is 0 Å². The molecule has 1 saturated heterocycles. The number of ether oxygens (including phenoxy) is 1. The van der Waals surface area contributed by atoms with Gasteiger partial charge in [0.25, 0.3) is 0 Å². The molecule has 0 saturated carbocycles. The molecule has 2 atom stereocenters. The predicted octanol–water partition coefficient (Wildman–Crippen LogP) is 2.37. The molecule has 0 radical (unpaired) electrons. The Hall–Kier alpha value is -0.870. The van der Waals surface area contributed by atoms with Crippen LogP contribution in [0.1, 0.15) is 41.0 Å². The maximum absolute atomic E-state index is 11.3. The van der Waals surface area contributed by atoms with E-state index in [0.717, 1.165) is 12.5 Å². The molecular formula is C13H23NO3. The topological polar surface area (TPSA) is 49.8 Å². The van der Waals surface area contributed by atoms with Gasteiger partial charge >= 0.3 is 5.97 Å². The maximum Gasteiger partial charge on any atom is 0.330 e. The van der Waals surface area contributed by atoms with Gasteiger partial charge in [0, 0.05) is 11.6 Å². The highest BCUT2D eigenvalue weighted by Gasteiger charge is 2.52. The van der Waals surface area contributed by atoms with E-state index in [4.69, 9.17) is 4.74 Å². The number of hydrogen-bond donors (Lipinski definition) is 1. The molecule has 1 N–H and O–H groups in total. The molecule has 4 nitrogen and oxygen atoms in total. The molecule has 98 valence electrons. The van der Waals surface area contributed by atoms with Gasteiger partial charge in [0.2, 0.25) is 0 Å². The van der Waals surface area contributed by atoms with Gasteiger partial charge in [0.15, 0.2) is 0 Å². The standard InChI is InChI=1S/C13H23NO3/c1-7-10(15)17-11-9(2)8-12(3,4)14(16)13(11,5)6/h7,9,11,16H,1,8H2,2-6H3. The van der Waals surface area contributed by atoms with Gasteiger partial charge in [-0.2, -0.15) is 5.06 Å². The third-order valence-corrected chi connectivity index (χ3v) is 3.56. The predicted molar refractivity (Wildman–Crippen MR) is 65.6 cm³/mol. The van der Waals surface area contributed by atoms with Crippen molar-refractivity contribution < 1.29 is 14.7 Å². The van der Waals surface area contributed by atoms with Crippen molar-refractivity contribution in [3.63, 3.8) is 0 Å². The summed E-state index contributed by atoms with van der Waals surface area (Å²) < 4.78 is 5.37. The number of esters is 1. The van der Waals surface area contributed by atoms with Gasteiger partial charge in [-0.3, -0.25) is 0 Å². The van der Waals surface area contributed by atoms with E-state index < -0.39 is 11.5 Å². The zero-order valence-corrected chi connectivity index (χ0v) is 11.4. The highest BCUT2D eigenvalue weighted by atomic mass is 16.6. The van der Waals surface area contributed by atoms with Crippen molar-refractivity contribution in [2.45, 2.75) is 58.2 Å². The molecule has 0 aromatic carbocycles. The van der Waals surface area contributed by atoms with Crippen LogP contribution in [0.5, 0.6) is 0 Å². The Morgan fingerprint density at radius 2 is 2.00 bits per heavy atom. The smallest absolute Gasteiger partial charge is 0.330 e. The zero-order chi connectivity index (χ0) is 13.4. The van der Waals surface area contributed by atoms with Gasteiger partial charge in [-0.1, -0.05) is 13.5 Å². The molecule has 0 aromatic rings. The monoisotopic (exact) mass is 241 g/mol. The summed E-state index contributed by atoms with van der Waals surface area (Å²) >= 11 is 0. The van der Waals surface area contributed by atoms with Crippen molar-refractivity contribution in [1.29, 1.82) is 0 Å². The molecule has 2 unspecified atom stereocenters. The van der Waals surface area contributed by atoms with Crippen LogP contribution in [0.15, 0.2) is 12.7 Å². The molecule has 0 bridgehead atoms. The highest BCUT2D eigenvalue weighted by molar-refractivity contribution is 5.81. The molecule has 1 aliphatic rings. The minimum absolute atomic E-state index is 0.187. The zero-order valence-electron chi connectivity index (χ0n) is 11.4. The van der Waals surface area contributed by atoms with E-state index in [0.29, 0.717) is 0 Å². The average molecular weight is 241 g/mol. The molecule has 0 aliphatic carbocycles. The van der Waals surface area contributed by atoms with Gasteiger partial charge in [0.1, 0.15) is 6.10 Å². The summed E-state index contributed by atoms with van der Waals surface area (Å²) in [5.41, 5.74) is -0.931. The van der Waals surface area contributed by atoms with Crippen LogP contribution in [0.2, 0.25) is 0 Å². The van der Waals surface area contributed by atoms with Crippen molar-refractivity contribution in [2.24, 2.45) is 5.92 Å². The summed E-state index contributed by atoms with van der Waals surface area (Å²) in [7, 11) is 0. The van der Waals surface area contributed by atoms with E-state index in [1.807, 2.05) is 34.6 Å². The quantitative estimate of drug-likeness (QED) is 0.595. The Bertz CT molecular complexity index is 323. The summed E-state index contributed by atoms with van der Waals surface area (Å²) in [6.45, 7) is 13.2. The fourth-order valence-corrected chi connectivity index (χ4v) is 3.01. The number of carbonyl (C=O) groups is 1. The van der Waals surface area contributed by atoms with Gasteiger partial charge in [-0.05, 0) is 40.0 Å². The molecule has 1 fully saturated rings. The first kappa shape index (κ1) is 14.2. The molecule has 4 heteroatoms. The molecule has 1 aliphatic heterocycles. The summed E-state index contributed by atoms with van der Waals surface area (Å²) in [4.78, 5) is 11.3. The van der Waals surface area contributed by atoms with Gasteiger partial charge < -0.3 is 9.94 Å². The second kappa shape index (κ2) is 4.42. The summed E-state index contributed by atoms with van der Waals surface area (Å²) in [5.74, 6) is -0.254. The number of hydroxylamine groups is 2. The fourth-order valence-electron chi connectivity index (χ4n) is 3.01. The first-order valence-corrected chi connectivity index (χ1v) is 5.95. The lowest BCUT2D eigenvalue weighted by Crippen LogP contribution is -2.66. The minimum atomic E-state index is -0.611. The Morgan fingerprint density at radius 3 is 2.47 bits per heavy atom. The van der Waals surface area contributed by atoms with E-state index in [2.05, 4.69) is 6.58 Å². The second-order valence-electron chi connectivity index (χ2n) is 6.02. The number of nitrogens with zero attached hydrogens (tertiary/aromatic N) is 1. The molecule has 17 heavy (non-hydrogen) atoms. The van der Waals surface area contributed by atoms with E-state index >= 15 is 0 Å². The number of rotatable bonds is 2. The van der Waals surface area contributed by atoms with Crippen LogP contribution in [0.3, 0.4) is 0 Å². The maximum atomic E-state index is 11.3. The van der Waals surface area contributed by atoms with Crippen LogP contribution < -0.4 is 0 Å². The number of piperidine rings is 1. The summed E-state index contributed by atoms with van der Waals surface area (Å²) in [6, 6.07) is 0. The lowest BCUT2D eigenvalue weighted by molar-refractivity contribution is -0.283. The first-order valence-electron chi connectivity index (χ1n) is 5.95. The Labute approximate surface area is 103 Å². The summed E-state index contributed by atoms with van der Waals surface area (Å²) in [6.07, 6.45) is 1.58. The summed E-state index contributed by atoms with van der Waals surface area (Å²) in [5, 5.41) is 11.6. The van der Waals surface area contributed by atoms with E-state index in [9.17, 15) is 10.0 Å². The van der Waals surface area contributed by atoms with E-state index in [1.54, 1.807) is 0 Å². The Morgan fingerprint density at radius 1 is 1.47 bits per heavy atom. The Kier molecular flexibility index (Phi) is 3.69. The second-order valence-corrected chi connectivity index (χ2v) is 6.02. The highest BCUT2D eigenvalue weighted by Crippen LogP contribution is 2.41. The molecule has 0 amide bonds. The lowest BCUT2D eigenvalue weighted by atomic mass is 9.74. The molecule has 0 spiro atoms. The number of hydrogen-bond acceptors (Lipinski definition) is 4. The van der Waals surface area contributed by atoms with Crippen LogP contribution in [0.25, 0.3) is 0 Å². The molecule has 1 rings (SSSR count). The van der Waals surface area contributed by atoms with Crippen molar-refractivity contribution in [3.05, 3.63) is 12.7 Å². The largest absolute Gasteiger partial charge is 0.457 e. The third kappa shape index (κ3) is 2.53. The normalized spacial score (nSPS) is 31.9. The lowest BCUT2D eigenvalue weighted by Gasteiger charge is -2.54. The minimum Gasteiger partial charge on any atom is -0.457 e. The molecule has 0 aromatic heterocycles. The van der Waals surface area contributed by atoms with Gasteiger partial charge in [-0.25, -0.2) is 4.79 Å². The molecular weight excluding hydrogens is 218 g/mol. The van der Waals surface area contributed by atoms with Crippen LogP contribution in [0.4, 0.5) is 0 Å². The van der Waals surface area contributed by atoms with Crippen molar-refractivity contribution in [1.82, 2.24) is 5.06 Å². The first-order chi connectivity index (χ1) is 7.63. The van der Waals surface area contributed by atoms with Crippen LogP contribution in [-0.2, 0) is 9.53 Å². The number of carbonyl (C=O) groups excluding carboxylic acids is 1. The van der Waals surface area contributed by atoms with Crippen LogP contribution in [0, 0.1) is 5.92 Å². The third-order valence-electron chi connectivity index (χ3n) is 3.56. The van der Waals surface area contributed by atoms with Gasteiger partial charge in [0.05, 0.1) is 5.54 Å². The SMILES string of the molecule is C=CC(=O)OC1C(C)CC(C)(C)N(O)C1(C)C. The van der Waals surface area contributed by atoms with Crippen LogP contribution >= 0.6 is 0 Å². The fraction of sp³-hybridized carbons (Fsp3) is 0.769. The van der Waals surface area contributed by atoms with E-state index in [1.165, 1.54) is 5.06 Å². The van der Waals surface area contributed by atoms with Crippen molar-refractivity contribution in [2.75, 3.05) is 0 Å².